The zero-order valence-electron chi connectivity index (χ0n) is 9.97. The van der Waals surface area contributed by atoms with Crippen molar-refractivity contribution in [1.82, 2.24) is 0 Å². The number of thioether (sulfide) groups is 1. The summed E-state index contributed by atoms with van der Waals surface area (Å²) in [6.07, 6.45) is 0.325. The Bertz CT molecular complexity index is 441. The SMILES string of the molecule is CCS[C@H]1CC(=O)N(c2ccc(C)cc2)C1=O. The van der Waals surface area contributed by atoms with Gasteiger partial charge in [0.15, 0.2) is 0 Å². The topological polar surface area (TPSA) is 37.4 Å². The molecule has 0 bridgehead atoms. The number of rotatable bonds is 3. The zero-order valence-corrected chi connectivity index (χ0v) is 10.8. The molecule has 0 aliphatic carbocycles. The highest BCUT2D eigenvalue weighted by atomic mass is 32.2. The van der Waals surface area contributed by atoms with Gasteiger partial charge in [-0.05, 0) is 24.8 Å². The average Bonchev–Trinajstić information content (AvgIpc) is 2.57. The van der Waals surface area contributed by atoms with Gasteiger partial charge in [0.05, 0.1) is 10.9 Å². The van der Waals surface area contributed by atoms with Crippen molar-refractivity contribution in [3.8, 4) is 0 Å². The third-order valence-corrected chi connectivity index (χ3v) is 3.87. The molecule has 1 fully saturated rings. The summed E-state index contributed by atoms with van der Waals surface area (Å²) in [6, 6.07) is 7.47. The Labute approximate surface area is 105 Å². The van der Waals surface area contributed by atoms with Crippen molar-refractivity contribution in [1.29, 1.82) is 0 Å². The van der Waals surface area contributed by atoms with Crippen LogP contribution in [0.2, 0.25) is 0 Å². The number of amides is 2. The summed E-state index contributed by atoms with van der Waals surface area (Å²) >= 11 is 1.54. The molecule has 1 saturated heterocycles. The minimum atomic E-state index is -0.200. The lowest BCUT2D eigenvalue weighted by Crippen LogP contribution is -2.31. The Balaban J connectivity index is 2.24. The number of hydrogen-bond donors (Lipinski definition) is 0. The van der Waals surface area contributed by atoms with E-state index in [1.165, 1.54) is 4.90 Å². The van der Waals surface area contributed by atoms with Gasteiger partial charge in [0.25, 0.3) is 0 Å². The Morgan fingerprint density at radius 1 is 1.29 bits per heavy atom. The molecular weight excluding hydrogens is 234 g/mol. The van der Waals surface area contributed by atoms with Gasteiger partial charge in [0.2, 0.25) is 11.8 Å². The van der Waals surface area contributed by atoms with Crippen molar-refractivity contribution >= 4 is 29.3 Å². The van der Waals surface area contributed by atoms with E-state index in [0.717, 1.165) is 11.3 Å². The van der Waals surface area contributed by atoms with Crippen LogP contribution < -0.4 is 4.90 Å². The van der Waals surface area contributed by atoms with Crippen LogP contribution in [0.3, 0.4) is 0 Å². The molecule has 1 heterocycles. The van der Waals surface area contributed by atoms with Crippen LogP contribution in [0, 0.1) is 6.92 Å². The summed E-state index contributed by atoms with van der Waals surface area (Å²) in [4.78, 5) is 25.2. The fourth-order valence-corrected chi connectivity index (χ4v) is 2.81. The van der Waals surface area contributed by atoms with E-state index in [0.29, 0.717) is 12.1 Å². The van der Waals surface area contributed by atoms with Crippen LogP contribution in [0.25, 0.3) is 0 Å². The Hall–Kier alpha value is -1.29. The van der Waals surface area contributed by atoms with Crippen molar-refractivity contribution < 1.29 is 9.59 Å². The molecular formula is C13H15NO2S. The van der Waals surface area contributed by atoms with Crippen LogP contribution in [0.5, 0.6) is 0 Å². The van der Waals surface area contributed by atoms with Gasteiger partial charge in [-0.1, -0.05) is 24.6 Å². The molecule has 0 radical (unpaired) electrons. The lowest BCUT2D eigenvalue weighted by atomic mass is 10.2. The normalized spacial score (nSPS) is 20.1. The van der Waals surface area contributed by atoms with Gasteiger partial charge in [-0.25, -0.2) is 4.90 Å². The number of imide groups is 1. The molecule has 3 nitrogen and oxygen atoms in total. The minimum absolute atomic E-state index is 0.0781. The first-order valence-corrected chi connectivity index (χ1v) is 6.73. The van der Waals surface area contributed by atoms with Gasteiger partial charge >= 0.3 is 0 Å². The first-order valence-electron chi connectivity index (χ1n) is 5.68. The second kappa shape index (κ2) is 4.92. The molecule has 0 aromatic heterocycles. The van der Waals surface area contributed by atoms with E-state index >= 15 is 0 Å². The number of carbonyl (C=O) groups excluding carboxylic acids is 2. The summed E-state index contributed by atoms with van der Waals surface area (Å²) < 4.78 is 0. The van der Waals surface area contributed by atoms with Crippen LogP contribution in [0.1, 0.15) is 18.9 Å². The lowest BCUT2D eigenvalue weighted by molar-refractivity contribution is -0.121. The van der Waals surface area contributed by atoms with Crippen LogP contribution in [-0.2, 0) is 9.59 Å². The van der Waals surface area contributed by atoms with Crippen LogP contribution in [-0.4, -0.2) is 22.8 Å². The smallest absolute Gasteiger partial charge is 0.247 e. The second-order valence-electron chi connectivity index (χ2n) is 4.05. The number of benzene rings is 1. The second-order valence-corrected chi connectivity index (χ2v) is 5.53. The predicted octanol–water partition coefficient (Wildman–Crippen LogP) is 2.38. The molecule has 1 aliphatic heterocycles. The third kappa shape index (κ3) is 2.36. The fourth-order valence-electron chi connectivity index (χ4n) is 1.90. The van der Waals surface area contributed by atoms with Crippen LogP contribution in [0.4, 0.5) is 5.69 Å². The summed E-state index contributed by atoms with van der Waals surface area (Å²) in [7, 11) is 0. The third-order valence-electron chi connectivity index (χ3n) is 2.77. The number of carbonyl (C=O) groups is 2. The first-order chi connectivity index (χ1) is 8.13. The summed E-state index contributed by atoms with van der Waals surface area (Å²) in [5.74, 6) is 0.682. The molecule has 0 saturated carbocycles. The van der Waals surface area contributed by atoms with Gasteiger partial charge in [0.1, 0.15) is 0 Å². The molecule has 0 spiro atoms. The van der Waals surface area contributed by atoms with Gasteiger partial charge < -0.3 is 0 Å². The highest BCUT2D eigenvalue weighted by Gasteiger charge is 2.39. The van der Waals surface area contributed by atoms with E-state index < -0.39 is 0 Å². The molecule has 1 aromatic rings. The highest BCUT2D eigenvalue weighted by Crippen LogP contribution is 2.29. The minimum Gasteiger partial charge on any atom is -0.274 e. The molecule has 90 valence electrons. The molecule has 0 unspecified atom stereocenters. The summed E-state index contributed by atoms with van der Waals surface area (Å²) in [5, 5.41) is -0.200. The molecule has 2 amide bonds. The van der Waals surface area contributed by atoms with E-state index in [1.54, 1.807) is 11.8 Å². The largest absolute Gasteiger partial charge is 0.274 e. The molecule has 1 aliphatic rings. The van der Waals surface area contributed by atoms with Gasteiger partial charge in [-0.3, -0.25) is 9.59 Å². The molecule has 0 N–H and O–H groups in total. The van der Waals surface area contributed by atoms with E-state index in [-0.39, 0.29) is 17.1 Å². The number of nitrogens with zero attached hydrogens (tertiary/aromatic N) is 1. The van der Waals surface area contributed by atoms with Gasteiger partial charge in [0, 0.05) is 6.42 Å². The Kier molecular flexibility index (Phi) is 3.52. The first kappa shape index (κ1) is 12.2. The van der Waals surface area contributed by atoms with Crippen molar-refractivity contribution in [3.05, 3.63) is 29.8 Å². The van der Waals surface area contributed by atoms with Gasteiger partial charge in [-0.2, -0.15) is 0 Å². The van der Waals surface area contributed by atoms with E-state index in [1.807, 2.05) is 38.1 Å². The number of aryl methyl sites for hydroxylation is 1. The van der Waals surface area contributed by atoms with Crippen LogP contribution >= 0.6 is 11.8 Å². The Morgan fingerprint density at radius 3 is 2.53 bits per heavy atom. The maximum absolute atomic E-state index is 12.1. The molecule has 1 aromatic carbocycles. The molecule has 2 rings (SSSR count). The molecule has 17 heavy (non-hydrogen) atoms. The highest BCUT2D eigenvalue weighted by molar-refractivity contribution is 8.00. The zero-order chi connectivity index (χ0) is 12.4. The lowest BCUT2D eigenvalue weighted by Gasteiger charge is -2.14. The predicted molar refractivity (Wildman–Crippen MR) is 70.2 cm³/mol. The number of hydrogen-bond acceptors (Lipinski definition) is 3. The summed E-state index contributed by atoms with van der Waals surface area (Å²) in [5.41, 5.74) is 1.80. The standard InChI is InChI=1S/C13H15NO2S/c1-3-17-11-8-12(15)14(13(11)16)10-6-4-9(2)5-7-10/h4-7,11H,3,8H2,1-2H3/t11-/m0/s1. The van der Waals surface area contributed by atoms with Crippen LogP contribution in [0.15, 0.2) is 24.3 Å². The van der Waals surface area contributed by atoms with Crippen molar-refractivity contribution in [3.63, 3.8) is 0 Å². The maximum atomic E-state index is 12.1. The van der Waals surface area contributed by atoms with E-state index in [2.05, 4.69) is 0 Å². The summed E-state index contributed by atoms with van der Waals surface area (Å²) in [6.45, 7) is 3.98. The maximum Gasteiger partial charge on any atom is 0.247 e. The quantitative estimate of drug-likeness (QED) is 0.772. The fraction of sp³-hybridized carbons (Fsp3) is 0.385. The van der Waals surface area contributed by atoms with E-state index in [4.69, 9.17) is 0 Å². The van der Waals surface area contributed by atoms with Gasteiger partial charge in [-0.15, -0.1) is 11.8 Å². The number of anilines is 1. The van der Waals surface area contributed by atoms with Crippen molar-refractivity contribution in [2.75, 3.05) is 10.7 Å². The van der Waals surface area contributed by atoms with E-state index in [9.17, 15) is 9.59 Å². The Morgan fingerprint density at radius 2 is 1.94 bits per heavy atom. The average molecular weight is 249 g/mol. The molecule has 4 heteroatoms. The van der Waals surface area contributed by atoms with Crippen molar-refractivity contribution in [2.45, 2.75) is 25.5 Å². The van der Waals surface area contributed by atoms with Crippen molar-refractivity contribution in [2.24, 2.45) is 0 Å². The molecule has 1 atom stereocenters. The monoisotopic (exact) mass is 249 g/mol.